The van der Waals surface area contributed by atoms with Gasteiger partial charge in [0.05, 0.1) is 16.4 Å². The minimum atomic E-state index is -0.964. The van der Waals surface area contributed by atoms with E-state index in [0.717, 1.165) is 22.6 Å². The van der Waals surface area contributed by atoms with Crippen molar-refractivity contribution in [2.45, 2.75) is 13.8 Å². The normalized spacial score (nSPS) is 10.4. The number of halogens is 1. The third-order valence-corrected chi connectivity index (χ3v) is 3.74. The van der Waals surface area contributed by atoms with Gasteiger partial charge in [0.15, 0.2) is 5.13 Å². The van der Waals surface area contributed by atoms with Crippen LogP contribution in [-0.2, 0) is 0 Å². The standard InChI is InChI=1S/C12H11ClN2O2S/c1-6-3-4-8(13)9(5-6)15-12-14-7(2)10(18-12)11(16)17/h3-5H,1-2H3,(H,14,15)(H,16,17). The molecule has 1 heterocycles. The van der Waals surface area contributed by atoms with E-state index in [-0.39, 0.29) is 4.88 Å². The lowest BCUT2D eigenvalue weighted by Crippen LogP contribution is -1.94. The first-order chi connectivity index (χ1) is 8.47. The van der Waals surface area contributed by atoms with E-state index < -0.39 is 5.97 Å². The van der Waals surface area contributed by atoms with E-state index in [1.165, 1.54) is 0 Å². The van der Waals surface area contributed by atoms with Crippen LogP contribution < -0.4 is 5.32 Å². The van der Waals surface area contributed by atoms with Crippen LogP contribution in [0.2, 0.25) is 5.02 Å². The van der Waals surface area contributed by atoms with E-state index in [1.807, 2.05) is 19.1 Å². The van der Waals surface area contributed by atoms with Crippen molar-refractivity contribution in [3.05, 3.63) is 39.4 Å². The maximum absolute atomic E-state index is 10.9. The van der Waals surface area contributed by atoms with E-state index in [9.17, 15) is 4.79 Å². The van der Waals surface area contributed by atoms with Gasteiger partial charge in [-0.1, -0.05) is 29.0 Å². The molecule has 0 aliphatic carbocycles. The average molecular weight is 283 g/mol. The third-order valence-electron chi connectivity index (χ3n) is 2.35. The van der Waals surface area contributed by atoms with Crippen LogP contribution >= 0.6 is 22.9 Å². The Balaban J connectivity index is 2.31. The number of aromatic carboxylic acids is 1. The summed E-state index contributed by atoms with van der Waals surface area (Å²) in [6, 6.07) is 5.58. The average Bonchev–Trinajstić information content (AvgIpc) is 2.65. The minimum absolute atomic E-state index is 0.237. The van der Waals surface area contributed by atoms with Crippen LogP contribution in [0.5, 0.6) is 0 Å². The summed E-state index contributed by atoms with van der Waals surface area (Å²) in [6.07, 6.45) is 0. The molecule has 0 radical (unpaired) electrons. The maximum atomic E-state index is 10.9. The largest absolute Gasteiger partial charge is 0.477 e. The number of carbonyl (C=O) groups is 1. The van der Waals surface area contributed by atoms with Gasteiger partial charge in [-0.05, 0) is 31.5 Å². The first-order valence-corrected chi connectivity index (χ1v) is 6.40. The smallest absolute Gasteiger partial charge is 0.347 e. The van der Waals surface area contributed by atoms with Crippen molar-refractivity contribution in [1.82, 2.24) is 4.98 Å². The summed E-state index contributed by atoms with van der Waals surface area (Å²) < 4.78 is 0. The Bertz CT molecular complexity index is 610. The highest BCUT2D eigenvalue weighted by atomic mass is 35.5. The molecule has 2 N–H and O–H groups in total. The van der Waals surface area contributed by atoms with Gasteiger partial charge in [0.25, 0.3) is 0 Å². The van der Waals surface area contributed by atoms with Crippen LogP contribution in [0.4, 0.5) is 10.8 Å². The van der Waals surface area contributed by atoms with Crippen LogP contribution in [0.15, 0.2) is 18.2 Å². The SMILES string of the molecule is Cc1ccc(Cl)c(Nc2nc(C)c(C(=O)O)s2)c1. The zero-order valence-electron chi connectivity index (χ0n) is 9.82. The molecule has 1 aromatic heterocycles. The number of benzene rings is 1. The van der Waals surface area contributed by atoms with Gasteiger partial charge in [-0.2, -0.15) is 0 Å². The fraction of sp³-hybridized carbons (Fsp3) is 0.167. The Labute approximate surface area is 113 Å². The number of nitrogens with one attached hydrogen (secondary N) is 1. The second kappa shape index (κ2) is 4.96. The number of rotatable bonds is 3. The van der Waals surface area contributed by atoms with Gasteiger partial charge in [-0.25, -0.2) is 9.78 Å². The predicted molar refractivity (Wildman–Crippen MR) is 73.3 cm³/mol. The molecule has 0 saturated carbocycles. The van der Waals surface area contributed by atoms with Gasteiger partial charge in [0, 0.05) is 0 Å². The van der Waals surface area contributed by atoms with Gasteiger partial charge in [0.2, 0.25) is 0 Å². The highest BCUT2D eigenvalue weighted by Crippen LogP contribution is 2.30. The number of nitrogens with zero attached hydrogens (tertiary/aromatic N) is 1. The molecule has 0 bridgehead atoms. The molecule has 0 unspecified atom stereocenters. The molecule has 0 aliphatic heterocycles. The zero-order chi connectivity index (χ0) is 13.3. The van der Waals surface area contributed by atoms with E-state index in [0.29, 0.717) is 15.8 Å². The molecule has 18 heavy (non-hydrogen) atoms. The van der Waals surface area contributed by atoms with Crippen LogP contribution in [0, 0.1) is 13.8 Å². The van der Waals surface area contributed by atoms with Crippen molar-refractivity contribution in [2.24, 2.45) is 0 Å². The monoisotopic (exact) mass is 282 g/mol. The quantitative estimate of drug-likeness (QED) is 0.897. The third kappa shape index (κ3) is 2.63. The fourth-order valence-electron chi connectivity index (χ4n) is 1.50. The molecular weight excluding hydrogens is 272 g/mol. The number of anilines is 2. The summed E-state index contributed by atoms with van der Waals surface area (Å²) in [6.45, 7) is 3.63. The van der Waals surface area contributed by atoms with Gasteiger partial charge in [-0.3, -0.25) is 0 Å². The number of hydrogen-bond donors (Lipinski definition) is 2. The number of carboxylic acid groups (broad SMARTS) is 1. The van der Waals surface area contributed by atoms with Crippen LogP contribution in [-0.4, -0.2) is 16.1 Å². The van der Waals surface area contributed by atoms with E-state index in [2.05, 4.69) is 10.3 Å². The lowest BCUT2D eigenvalue weighted by Gasteiger charge is -2.05. The second-order valence-corrected chi connectivity index (χ2v) is 5.25. The van der Waals surface area contributed by atoms with Crippen molar-refractivity contribution < 1.29 is 9.90 Å². The Hall–Kier alpha value is -1.59. The number of hydrogen-bond acceptors (Lipinski definition) is 4. The topological polar surface area (TPSA) is 62.2 Å². The summed E-state index contributed by atoms with van der Waals surface area (Å²) in [7, 11) is 0. The first-order valence-electron chi connectivity index (χ1n) is 5.21. The lowest BCUT2D eigenvalue weighted by atomic mass is 10.2. The highest BCUT2D eigenvalue weighted by Gasteiger charge is 2.14. The van der Waals surface area contributed by atoms with Crippen molar-refractivity contribution in [3.8, 4) is 0 Å². The summed E-state index contributed by atoms with van der Waals surface area (Å²) in [4.78, 5) is 15.3. The van der Waals surface area contributed by atoms with E-state index >= 15 is 0 Å². The Morgan fingerprint density at radius 3 is 2.78 bits per heavy atom. The van der Waals surface area contributed by atoms with Crippen LogP contribution in [0.1, 0.15) is 20.9 Å². The number of aromatic nitrogens is 1. The molecule has 0 spiro atoms. The molecule has 6 heteroatoms. The number of carboxylic acids is 1. The molecule has 0 fully saturated rings. The van der Waals surface area contributed by atoms with Crippen molar-refractivity contribution in [1.29, 1.82) is 0 Å². The van der Waals surface area contributed by atoms with E-state index in [1.54, 1.807) is 13.0 Å². The summed E-state index contributed by atoms with van der Waals surface area (Å²) in [5.41, 5.74) is 2.29. The minimum Gasteiger partial charge on any atom is -0.477 e. The highest BCUT2D eigenvalue weighted by molar-refractivity contribution is 7.17. The van der Waals surface area contributed by atoms with Crippen molar-refractivity contribution >= 4 is 39.7 Å². The molecule has 1 aromatic carbocycles. The summed E-state index contributed by atoms with van der Waals surface area (Å²) in [5.74, 6) is -0.964. The van der Waals surface area contributed by atoms with Crippen LogP contribution in [0.3, 0.4) is 0 Å². The Kier molecular flexibility index (Phi) is 3.54. The van der Waals surface area contributed by atoms with Crippen LogP contribution in [0.25, 0.3) is 0 Å². The molecular formula is C12H11ClN2O2S. The Morgan fingerprint density at radius 2 is 2.17 bits per heavy atom. The van der Waals surface area contributed by atoms with Gasteiger partial charge < -0.3 is 10.4 Å². The molecule has 0 saturated heterocycles. The summed E-state index contributed by atoms with van der Waals surface area (Å²) >= 11 is 7.15. The molecule has 2 aromatic rings. The van der Waals surface area contributed by atoms with Crippen molar-refractivity contribution in [3.63, 3.8) is 0 Å². The zero-order valence-corrected chi connectivity index (χ0v) is 11.4. The molecule has 0 amide bonds. The molecule has 94 valence electrons. The van der Waals surface area contributed by atoms with Gasteiger partial charge in [0.1, 0.15) is 4.88 Å². The predicted octanol–water partition coefficient (Wildman–Crippen LogP) is 3.86. The molecule has 0 atom stereocenters. The van der Waals surface area contributed by atoms with E-state index in [4.69, 9.17) is 16.7 Å². The second-order valence-electron chi connectivity index (χ2n) is 3.85. The first kappa shape index (κ1) is 12.9. The summed E-state index contributed by atoms with van der Waals surface area (Å²) in [5, 5.41) is 13.1. The molecule has 2 rings (SSSR count). The van der Waals surface area contributed by atoms with Crippen molar-refractivity contribution in [2.75, 3.05) is 5.32 Å². The Morgan fingerprint density at radius 1 is 1.44 bits per heavy atom. The lowest BCUT2D eigenvalue weighted by molar-refractivity contribution is 0.0701. The number of aryl methyl sites for hydroxylation is 2. The molecule has 0 aliphatic rings. The fourth-order valence-corrected chi connectivity index (χ4v) is 2.48. The molecule has 4 nitrogen and oxygen atoms in total. The van der Waals surface area contributed by atoms with Gasteiger partial charge in [-0.15, -0.1) is 0 Å². The maximum Gasteiger partial charge on any atom is 0.347 e. The van der Waals surface area contributed by atoms with Gasteiger partial charge >= 0.3 is 5.97 Å². The number of thiazole rings is 1.